The first kappa shape index (κ1) is 19.7. The summed E-state index contributed by atoms with van der Waals surface area (Å²) in [5.74, 6) is 0. The maximum absolute atomic E-state index is 13.0. The summed E-state index contributed by atoms with van der Waals surface area (Å²) in [5.41, 5.74) is 1.21. The molecule has 0 atom stereocenters. The van der Waals surface area contributed by atoms with Crippen molar-refractivity contribution in [1.82, 2.24) is 9.21 Å². The minimum atomic E-state index is -3.56. The van der Waals surface area contributed by atoms with Crippen LogP contribution in [0.25, 0.3) is 0 Å². The van der Waals surface area contributed by atoms with Crippen molar-refractivity contribution in [2.24, 2.45) is 0 Å². The summed E-state index contributed by atoms with van der Waals surface area (Å²) >= 11 is 0. The average Bonchev–Trinajstić information content (AvgIpc) is 2.71. The van der Waals surface area contributed by atoms with Crippen molar-refractivity contribution in [3.63, 3.8) is 0 Å². The van der Waals surface area contributed by atoms with Crippen LogP contribution in [-0.4, -0.2) is 55.5 Å². The second-order valence-corrected chi connectivity index (χ2v) is 9.40. The van der Waals surface area contributed by atoms with E-state index in [4.69, 9.17) is 4.74 Å². The molecule has 0 saturated carbocycles. The van der Waals surface area contributed by atoms with Gasteiger partial charge in [-0.25, -0.2) is 13.2 Å². The first-order chi connectivity index (χ1) is 11.5. The van der Waals surface area contributed by atoms with E-state index in [9.17, 15) is 13.2 Å². The van der Waals surface area contributed by atoms with Crippen molar-refractivity contribution in [1.29, 1.82) is 0 Å². The molecule has 1 aliphatic rings. The molecule has 0 aromatic heterocycles. The molecule has 2 rings (SSSR count). The highest BCUT2D eigenvalue weighted by Crippen LogP contribution is 2.22. The molecule has 1 fully saturated rings. The number of hydrogen-bond acceptors (Lipinski definition) is 4. The summed E-state index contributed by atoms with van der Waals surface area (Å²) < 4.78 is 32.8. The van der Waals surface area contributed by atoms with Gasteiger partial charge in [0.25, 0.3) is 0 Å². The molecule has 140 valence electrons. The second kappa shape index (κ2) is 7.33. The third-order valence-electron chi connectivity index (χ3n) is 4.05. The molecular formula is C18H28N2O4S. The van der Waals surface area contributed by atoms with Gasteiger partial charge >= 0.3 is 6.09 Å². The van der Waals surface area contributed by atoms with Crippen LogP contribution in [0.2, 0.25) is 0 Å². The Morgan fingerprint density at radius 3 is 2.36 bits per heavy atom. The minimum Gasteiger partial charge on any atom is -0.444 e. The topological polar surface area (TPSA) is 66.9 Å². The zero-order valence-electron chi connectivity index (χ0n) is 15.7. The summed E-state index contributed by atoms with van der Waals surface area (Å²) in [6.45, 7) is 10.7. The van der Waals surface area contributed by atoms with Gasteiger partial charge in [-0.3, -0.25) is 0 Å². The molecule has 25 heavy (non-hydrogen) atoms. The average molecular weight is 368 g/mol. The summed E-state index contributed by atoms with van der Waals surface area (Å²) in [5, 5.41) is 0. The van der Waals surface area contributed by atoms with Crippen molar-refractivity contribution in [2.75, 3.05) is 26.2 Å². The van der Waals surface area contributed by atoms with Crippen molar-refractivity contribution >= 4 is 16.1 Å². The zero-order valence-corrected chi connectivity index (χ0v) is 16.5. The van der Waals surface area contributed by atoms with Gasteiger partial charge in [0.2, 0.25) is 10.0 Å². The Kier molecular flexibility index (Phi) is 5.79. The molecule has 1 aromatic carbocycles. The summed E-state index contributed by atoms with van der Waals surface area (Å²) in [7, 11) is -3.56. The maximum Gasteiger partial charge on any atom is 0.410 e. The zero-order chi connectivity index (χ0) is 18.8. The van der Waals surface area contributed by atoms with E-state index >= 15 is 0 Å². The van der Waals surface area contributed by atoms with Gasteiger partial charge in [-0.05, 0) is 52.7 Å². The van der Waals surface area contributed by atoms with E-state index in [1.807, 2.05) is 46.8 Å². The van der Waals surface area contributed by atoms with Crippen LogP contribution in [0.4, 0.5) is 4.79 Å². The van der Waals surface area contributed by atoms with E-state index in [2.05, 4.69) is 0 Å². The lowest BCUT2D eigenvalue weighted by atomic mass is 10.2. The Hall–Kier alpha value is -1.60. The van der Waals surface area contributed by atoms with Crippen LogP contribution >= 0.6 is 0 Å². The van der Waals surface area contributed by atoms with Crippen LogP contribution in [0, 0.1) is 13.8 Å². The lowest BCUT2D eigenvalue weighted by Gasteiger charge is -2.26. The van der Waals surface area contributed by atoms with E-state index in [0.717, 1.165) is 11.1 Å². The molecule has 0 radical (unpaired) electrons. The summed E-state index contributed by atoms with van der Waals surface area (Å²) in [6.07, 6.45) is 0.196. The highest BCUT2D eigenvalue weighted by atomic mass is 32.2. The van der Waals surface area contributed by atoms with Crippen LogP contribution in [-0.2, 0) is 14.8 Å². The lowest BCUT2D eigenvalue weighted by Crippen LogP contribution is -2.40. The molecule has 7 heteroatoms. The Morgan fingerprint density at radius 1 is 1.08 bits per heavy atom. The second-order valence-electron chi connectivity index (χ2n) is 7.49. The number of benzene rings is 1. The number of carbonyl (C=O) groups is 1. The van der Waals surface area contributed by atoms with Crippen LogP contribution in [0.5, 0.6) is 0 Å². The van der Waals surface area contributed by atoms with E-state index in [1.54, 1.807) is 11.0 Å². The van der Waals surface area contributed by atoms with Crippen LogP contribution < -0.4 is 0 Å². The first-order valence-corrected chi connectivity index (χ1v) is 10.00. The Balaban J connectivity index is 2.13. The van der Waals surface area contributed by atoms with Gasteiger partial charge in [-0.2, -0.15) is 4.31 Å². The lowest BCUT2D eigenvalue weighted by molar-refractivity contribution is 0.0260. The largest absolute Gasteiger partial charge is 0.444 e. The van der Waals surface area contributed by atoms with Gasteiger partial charge in [0.05, 0.1) is 4.90 Å². The molecule has 1 saturated heterocycles. The van der Waals surface area contributed by atoms with Gasteiger partial charge in [0.15, 0.2) is 0 Å². The Labute approximate surface area is 150 Å². The van der Waals surface area contributed by atoms with Gasteiger partial charge in [0, 0.05) is 26.2 Å². The molecule has 0 bridgehead atoms. The van der Waals surface area contributed by atoms with Crippen molar-refractivity contribution in [3.8, 4) is 0 Å². The number of carbonyl (C=O) groups excluding carboxylic acids is 1. The van der Waals surface area contributed by atoms with E-state index in [-0.39, 0.29) is 6.54 Å². The van der Waals surface area contributed by atoms with E-state index in [1.165, 1.54) is 4.31 Å². The molecular weight excluding hydrogens is 340 g/mol. The fourth-order valence-electron chi connectivity index (χ4n) is 2.87. The number of hydrogen-bond donors (Lipinski definition) is 0. The molecule has 1 amide bonds. The molecule has 0 unspecified atom stereocenters. The standard InChI is InChI=1S/C18H28N2O4S/c1-14-7-8-16(15(2)13-14)25(22,23)20-10-6-9-19(11-12-20)17(21)24-18(3,4)5/h7-8,13H,6,9-12H2,1-5H3. The Morgan fingerprint density at radius 2 is 1.76 bits per heavy atom. The van der Waals surface area contributed by atoms with Crippen molar-refractivity contribution < 1.29 is 17.9 Å². The number of sulfonamides is 1. The van der Waals surface area contributed by atoms with Gasteiger partial charge in [0.1, 0.15) is 5.60 Å². The van der Waals surface area contributed by atoms with Gasteiger partial charge in [-0.15, -0.1) is 0 Å². The predicted octanol–water partition coefficient (Wildman–Crippen LogP) is 2.93. The quantitative estimate of drug-likeness (QED) is 0.805. The monoisotopic (exact) mass is 368 g/mol. The fourth-order valence-corrected chi connectivity index (χ4v) is 4.55. The molecule has 0 N–H and O–H groups in total. The molecule has 1 heterocycles. The molecule has 1 aromatic rings. The SMILES string of the molecule is Cc1ccc(S(=O)(=O)N2CCCN(C(=O)OC(C)(C)C)CC2)c(C)c1. The smallest absolute Gasteiger partial charge is 0.410 e. The normalized spacial score (nSPS) is 17.2. The highest BCUT2D eigenvalue weighted by molar-refractivity contribution is 7.89. The number of amides is 1. The van der Waals surface area contributed by atoms with Crippen LogP contribution in [0.1, 0.15) is 38.3 Å². The minimum absolute atomic E-state index is 0.273. The predicted molar refractivity (Wildman–Crippen MR) is 97.1 cm³/mol. The molecule has 1 aliphatic heterocycles. The molecule has 0 spiro atoms. The van der Waals surface area contributed by atoms with Gasteiger partial charge in [-0.1, -0.05) is 17.7 Å². The number of ether oxygens (including phenoxy) is 1. The van der Waals surface area contributed by atoms with Crippen LogP contribution in [0.3, 0.4) is 0 Å². The number of aryl methyl sites for hydroxylation is 2. The van der Waals surface area contributed by atoms with Crippen molar-refractivity contribution in [2.45, 2.75) is 51.5 Å². The number of nitrogens with zero attached hydrogens (tertiary/aromatic N) is 2. The van der Waals surface area contributed by atoms with Gasteiger partial charge < -0.3 is 9.64 Å². The first-order valence-electron chi connectivity index (χ1n) is 8.56. The van der Waals surface area contributed by atoms with E-state index in [0.29, 0.717) is 31.0 Å². The third-order valence-corrected chi connectivity index (χ3v) is 6.11. The van der Waals surface area contributed by atoms with Crippen molar-refractivity contribution in [3.05, 3.63) is 29.3 Å². The van der Waals surface area contributed by atoms with Crippen LogP contribution in [0.15, 0.2) is 23.1 Å². The molecule has 6 nitrogen and oxygen atoms in total. The Bertz CT molecular complexity index is 738. The van der Waals surface area contributed by atoms with E-state index < -0.39 is 21.7 Å². The number of rotatable bonds is 2. The maximum atomic E-state index is 13.0. The third kappa shape index (κ3) is 4.95. The highest BCUT2D eigenvalue weighted by Gasteiger charge is 2.30. The summed E-state index contributed by atoms with van der Waals surface area (Å²) in [4.78, 5) is 14.1. The fraction of sp³-hybridized carbons (Fsp3) is 0.611. The summed E-state index contributed by atoms with van der Waals surface area (Å²) in [6, 6.07) is 5.35. The molecule has 0 aliphatic carbocycles.